The number of rotatable bonds is 5. The van der Waals surface area contributed by atoms with Gasteiger partial charge in [-0.15, -0.1) is 0 Å². The molecule has 0 radical (unpaired) electrons. The van der Waals surface area contributed by atoms with Gasteiger partial charge in [-0.2, -0.15) is 0 Å². The Hall–Kier alpha value is -2.04. The van der Waals surface area contributed by atoms with Gasteiger partial charge in [0.25, 0.3) is 0 Å². The third-order valence-corrected chi connectivity index (χ3v) is 3.90. The summed E-state index contributed by atoms with van der Waals surface area (Å²) in [5, 5.41) is 12.0. The van der Waals surface area contributed by atoms with E-state index in [4.69, 9.17) is 0 Å². The zero-order chi connectivity index (χ0) is 14.5. The molecule has 5 heteroatoms. The van der Waals surface area contributed by atoms with Crippen LogP contribution in [-0.4, -0.2) is 41.6 Å². The molecule has 0 aliphatic heterocycles. The van der Waals surface area contributed by atoms with Crippen LogP contribution in [0.3, 0.4) is 0 Å². The van der Waals surface area contributed by atoms with E-state index in [1.165, 1.54) is 0 Å². The number of hydrogen-bond acceptors (Lipinski definition) is 2. The summed E-state index contributed by atoms with van der Waals surface area (Å²) in [4.78, 5) is 25.0. The molecule has 1 aromatic rings. The van der Waals surface area contributed by atoms with Gasteiger partial charge in [0, 0.05) is 19.6 Å². The van der Waals surface area contributed by atoms with Gasteiger partial charge in [-0.25, -0.2) is 4.79 Å². The molecule has 1 atom stereocenters. The first kappa shape index (κ1) is 14.4. The van der Waals surface area contributed by atoms with Crippen molar-refractivity contribution < 1.29 is 14.7 Å². The van der Waals surface area contributed by atoms with Crippen LogP contribution >= 0.6 is 0 Å². The maximum Gasteiger partial charge on any atom is 0.317 e. The lowest BCUT2D eigenvalue weighted by molar-refractivity contribution is -0.138. The maximum absolute atomic E-state index is 12.0. The Morgan fingerprint density at radius 1 is 1.35 bits per heavy atom. The molecular weight excluding hydrogens is 256 g/mol. The summed E-state index contributed by atoms with van der Waals surface area (Å²) < 4.78 is 0. The van der Waals surface area contributed by atoms with E-state index < -0.39 is 11.9 Å². The minimum Gasteiger partial charge on any atom is -0.481 e. The van der Waals surface area contributed by atoms with E-state index in [0.717, 1.165) is 19.3 Å². The first-order chi connectivity index (χ1) is 9.59. The summed E-state index contributed by atoms with van der Waals surface area (Å²) in [7, 11) is 1.76. The number of aliphatic carboxylic acids is 1. The van der Waals surface area contributed by atoms with Crippen molar-refractivity contribution in [3.8, 4) is 0 Å². The van der Waals surface area contributed by atoms with Crippen LogP contribution in [0.25, 0.3) is 0 Å². The zero-order valence-electron chi connectivity index (χ0n) is 11.6. The van der Waals surface area contributed by atoms with Gasteiger partial charge >= 0.3 is 12.0 Å². The van der Waals surface area contributed by atoms with E-state index in [1.807, 2.05) is 6.07 Å². The summed E-state index contributed by atoms with van der Waals surface area (Å²) >= 11 is 0. The first-order valence-corrected chi connectivity index (χ1v) is 6.88. The van der Waals surface area contributed by atoms with Crippen molar-refractivity contribution in [3.63, 3.8) is 0 Å². The van der Waals surface area contributed by atoms with Gasteiger partial charge in [-0.05, 0) is 24.8 Å². The van der Waals surface area contributed by atoms with Crippen molar-refractivity contribution in [2.24, 2.45) is 0 Å². The molecule has 108 valence electrons. The number of carboxylic acids is 1. The average Bonchev–Trinajstić information content (AvgIpc) is 2.37. The highest BCUT2D eigenvalue weighted by molar-refractivity contribution is 5.79. The molecule has 5 nitrogen and oxygen atoms in total. The number of nitrogens with zero attached hydrogens (tertiary/aromatic N) is 1. The maximum atomic E-state index is 12.0. The predicted octanol–water partition coefficient (Wildman–Crippen LogP) is 2.05. The van der Waals surface area contributed by atoms with Crippen LogP contribution in [0.4, 0.5) is 4.79 Å². The van der Waals surface area contributed by atoms with E-state index in [-0.39, 0.29) is 12.6 Å². The summed E-state index contributed by atoms with van der Waals surface area (Å²) in [6, 6.07) is 9.07. The molecular formula is C15H20N2O3. The fraction of sp³-hybridized carbons (Fsp3) is 0.467. The van der Waals surface area contributed by atoms with Crippen LogP contribution in [0.2, 0.25) is 0 Å². The fourth-order valence-electron chi connectivity index (χ4n) is 2.29. The summed E-state index contributed by atoms with van der Waals surface area (Å²) in [6.07, 6.45) is 3.22. The van der Waals surface area contributed by atoms with Crippen LogP contribution < -0.4 is 5.32 Å². The van der Waals surface area contributed by atoms with Crippen molar-refractivity contribution in [1.29, 1.82) is 0 Å². The molecule has 0 bridgehead atoms. The molecule has 1 aliphatic rings. The Morgan fingerprint density at radius 3 is 2.50 bits per heavy atom. The van der Waals surface area contributed by atoms with Gasteiger partial charge < -0.3 is 15.3 Å². The fourth-order valence-corrected chi connectivity index (χ4v) is 2.29. The van der Waals surface area contributed by atoms with Gasteiger partial charge in [0.15, 0.2) is 0 Å². The third kappa shape index (κ3) is 3.29. The van der Waals surface area contributed by atoms with Gasteiger partial charge in [-0.3, -0.25) is 4.79 Å². The molecule has 0 spiro atoms. The van der Waals surface area contributed by atoms with Crippen molar-refractivity contribution in [2.75, 3.05) is 13.6 Å². The van der Waals surface area contributed by atoms with Crippen molar-refractivity contribution in [3.05, 3.63) is 35.9 Å². The zero-order valence-corrected chi connectivity index (χ0v) is 11.6. The summed E-state index contributed by atoms with van der Waals surface area (Å²) in [5.41, 5.74) is 0.701. The molecule has 1 aliphatic carbocycles. The molecule has 2 rings (SSSR count). The lowest BCUT2D eigenvalue weighted by atomic mass is 9.92. The Bertz CT molecular complexity index is 471. The molecule has 2 N–H and O–H groups in total. The smallest absolute Gasteiger partial charge is 0.317 e. The van der Waals surface area contributed by atoms with Gasteiger partial charge in [0.2, 0.25) is 0 Å². The molecule has 1 unspecified atom stereocenters. The molecule has 1 saturated carbocycles. The van der Waals surface area contributed by atoms with E-state index in [9.17, 15) is 14.7 Å². The minimum absolute atomic E-state index is 0.106. The number of benzene rings is 1. The lowest BCUT2D eigenvalue weighted by Crippen LogP contribution is -2.47. The second kappa shape index (κ2) is 6.41. The normalized spacial score (nSPS) is 16.1. The topological polar surface area (TPSA) is 69.6 Å². The Labute approximate surface area is 118 Å². The number of carbonyl (C=O) groups is 2. The molecule has 0 aromatic heterocycles. The third-order valence-electron chi connectivity index (χ3n) is 3.90. The van der Waals surface area contributed by atoms with E-state index in [0.29, 0.717) is 11.6 Å². The van der Waals surface area contributed by atoms with Gasteiger partial charge in [0.1, 0.15) is 0 Å². The van der Waals surface area contributed by atoms with Crippen molar-refractivity contribution in [1.82, 2.24) is 10.2 Å². The Morgan fingerprint density at radius 2 is 2.00 bits per heavy atom. The Kier molecular flexibility index (Phi) is 4.61. The summed E-state index contributed by atoms with van der Waals surface area (Å²) in [6.45, 7) is 0.106. The number of urea groups is 1. The molecule has 1 aromatic carbocycles. The minimum atomic E-state index is -0.928. The quantitative estimate of drug-likeness (QED) is 0.864. The second-order valence-electron chi connectivity index (χ2n) is 5.18. The van der Waals surface area contributed by atoms with Gasteiger partial charge in [0.05, 0.1) is 5.92 Å². The molecule has 20 heavy (non-hydrogen) atoms. The molecule has 0 saturated heterocycles. The molecule has 0 heterocycles. The van der Waals surface area contributed by atoms with Crippen molar-refractivity contribution >= 4 is 12.0 Å². The average molecular weight is 276 g/mol. The van der Waals surface area contributed by atoms with E-state index in [2.05, 4.69) is 5.32 Å². The predicted molar refractivity (Wildman–Crippen MR) is 75.6 cm³/mol. The van der Waals surface area contributed by atoms with Gasteiger partial charge in [-0.1, -0.05) is 30.3 Å². The van der Waals surface area contributed by atoms with Crippen molar-refractivity contribution in [2.45, 2.75) is 31.2 Å². The largest absolute Gasteiger partial charge is 0.481 e. The number of carboxylic acid groups (broad SMARTS) is 1. The van der Waals surface area contributed by atoms with Crippen LogP contribution in [0.5, 0.6) is 0 Å². The molecule has 2 amide bonds. The SMILES string of the molecule is CN(C(=O)NCC(C(=O)O)c1ccccc1)C1CCC1. The Balaban J connectivity index is 1.92. The number of hydrogen-bond donors (Lipinski definition) is 2. The summed E-state index contributed by atoms with van der Waals surface area (Å²) in [5.74, 6) is -1.64. The number of carbonyl (C=O) groups excluding carboxylic acids is 1. The van der Waals surface area contributed by atoms with Crippen LogP contribution in [-0.2, 0) is 4.79 Å². The number of amides is 2. The standard InChI is InChI=1S/C15H20N2O3/c1-17(12-8-5-9-12)15(20)16-10-13(14(18)19)11-6-3-2-4-7-11/h2-4,6-7,12-13H,5,8-10H2,1H3,(H,16,20)(H,18,19). The number of nitrogens with one attached hydrogen (secondary N) is 1. The monoisotopic (exact) mass is 276 g/mol. The molecule has 1 fully saturated rings. The lowest BCUT2D eigenvalue weighted by Gasteiger charge is -2.34. The van der Waals surface area contributed by atoms with Crippen LogP contribution in [0.15, 0.2) is 30.3 Å². The second-order valence-corrected chi connectivity index (χ2v) is 5.18. The highest BCUT2D eigenvalue weighted by Crippen LogP contribution is 2.23. The van der Waals surface area contributed by atoms with Crippen LogP contribution in [0.1, 0.15) is 30.7 Å². The van der Waals surface area contributed by atoms with E-state index in [1.54, 1.807) is 36.2 Å². The van der Waals surface area contributed by atoms with Crippen LogP contribution in [0, 0.1) is 0 Å². The highest BCUT2D eigenvalue weighted by Gasteiger charge is 2.27. The van der Waals surface area contributed by atoms with E-state index >= 15 is 0 Å². The first-order valence-electron chi connectivity index (χ1n) is 6.88. The highest BCUT2D eigenvalue weighted by atomic mass is 16.4.